The highest BCUT2D eigenvalue weighted by atomic mass is 16.3. The molecule has 70 valence electrons. The lowest BCUT2D eigenvalue weighted by Gasteiger charge is -2.25. The van der Waals surface area contributed by atoms with Crippen LogP contribution in [0, 0.1) is 0 Å². The summed E-state index contributed by atoms with van der Waals surface area (Å²) in [4.78, 5) is 0. The molecule has 2 heteroatoms. The van der Waals surface area contributed by atoms with Gasteiger partial charge in [0.05, 0.1) is 6.61 Å². The Hall–Kier alpha value is -1.02. The van der Waals surface area contributed by atoms with Gasteiger partial charge in [0.1, 0.15) is 0 Å². The van der Waals surface area contributed by atoms with Crippen LogP contribution in [0.5, 0.6) is 0 Å². The lowest BCUT2D eigenvalue weighted by Crippen LogP contribution is -2.23. The lowest BCUT2D eigenvalue weighted by molar-refractivity contribution is 0.282. The summed E-state index contributed by atoms with van der Waals surface area (Å²) in [6.07, 6.45) is 2.30. The Kier molecular flexibility index (Phi) is 2.23. The lowest BCUT2D eigenvalue weighted by atomic mass is 9.96. The van der Waals surface area contributed by atoms with Crippen molar-refractivity contribution in [2.24, 2.45) is 0 Å². The summed E-state index contributed by atoms with van der Waals surface area (Å²) >= 11 is 0. The van der Waals surface area contributed by atoms with Crippen molar-refractivity contribution in [3.63, 3.8) is 0 Å². The highest BCUT2D eigenvalue weighted by Crippen LogP contribution is 2.28. The van der Waals surface area contributed by atoms with Crippen molar-refractivity contribution in [1.29, 1.82) is 0 Å². The number of para-hydroxylation sites is 1. The molecule has 1 heterocycles. The van der Waals surface area contributed by atoms with E-state index in [9.17, 15) is 0 Å². The first-order valence-electron chi connectivity index (χ1n) is 4.79. The minimum atomic E-state index is 0.128. The molecular weight excluding hydrogens is 162 g/mol. The number of hydrogen-bond acceptors (Lipinski definition) is 2. The van der Waals surface area contributed by atoms with Crippen LogP contribution in [-0.2, 0) is 13.0 Å². The average molecular weight is 177 g/mol. The molecule has 0 aromatic heterocycles. The second-order valence-corrected chi connectivity index (χ2v) is 3.69. The van der Waals surface area contributed by atoms with Crippen LogP contribution in [0.25, 0.3) is 0 Å². The van der Waals surface area contributed by atoms with Gasteiger partial charge in [-0.1, -0.05) is 18.2 Å². The van der Waals surface area contributed by atoms with Gasteiger partial charge in [-0.25, -0.2) is 0 Å². The Morgan fingerprint density at radius 3 is 3.15 bits per heavy atom. The van der Waals surface area contributed by atoms with Gasteiger partial charge >= 0.3 is 0 Å². The first-order valence-corrected chi connectivity index (χ1v) is 4.79. The molecule has 1 aliphatic rings. The van der Waals surface area contributed by atoms with Gasteiger partial charge in [0, 0.05) is 17.3 Å². The van der Waals surface area contributed by atoms with Crippen molar-refractivity contribution >= 4 is 5.69 Å². The Labute approximate surface area is 78.6 Å². The van der Waals surface area contributed by atoms with E-state index in [1.807, 2.05) is 12.1 Å². The normalized spacial score (nSPS) is 20.6. The van der Waals surface area contributed by atoms with Crippen LogP contribution in [0.4, 0.5) is 5.69 Å². The van der Waals surface area contributed by atoms with E-state index in [0.717, 1.165) is 17.7 Å². The molecule has 0 saturated carbocycles. The first-order chi connectivity index (χ1) is 6.31. The van der Waals surface area contributed by atoms with Gasteiger partial charge < -0.3 is 10.4 Å². The average Bonchev–Trinajstić information content (AvgIpc) is 2.17. The van der Waals surface area contributed by atoms with Gasteiger partial charge in [-0.05, 0) is 25.3 Å². The molecule has 13 heavy (non-hydrogen) atoms. The third kappa shape index (κ3) is 1.54. The molecule has 0 spiro atoms. The maximum atomic E-state index is 9.14. The number of aryl methyl sites for hydroxylation is 1. The van der Waals surface area contributed by atoms with E-state index in [1.165, 1.54) is 12.0 Å². The van der Waals surface area contributed by atoms with Crippen LogP contribution in [-0.4, -0.2) is 11.1 Å². The van der Waals surface area contributed by atoms with E-state index < -0.39 is 0 Å². The number of rotatable bonds is 1. The molecule has 1 atom stereocenters. The molecule has 2 nitrogen and oxygen atoms in total. The van der Waals surface area contributed by atoms with Gasteiger partial charge in [-0.3, -0.25) is 0 Å². The Balaban J connectivity index is 2.41. The molecule has 0 aliphatic carbocycles. The van der Waals surface area contributed by atoms with E-state index in [0.29, 0.717) is 6.04 Å². The zero-order chi connectivity index (χ0) is 9.26. The molecule has 0 fully saturated rings. The van der Waals surface area contributed by atoms with Gasteiger partial charge in [0.15, 0.2) is 0 Å². The molecule has 2 N–H and O–H groups in total. The second kappa shape index (κ2) is 3.38. The summed E-state index contributed by atoms with van der Waals surface area (Å²) < 4.78 is 0. The van der Waals surface area contributed by atoms with Crippen molar-refractivity contribution in [3.8, 4) is 0 Å². The number of aliphatic hydroxyl groups excluding tert-OH is 1. The Morgan fingerprint density at radius 2 is 2.38 bits per heavy atom. The zero-order valence-electron chi connectivity index (χ0n) is 7.88. The monoisotopic (exact) mass is 177 g/mol. The molecule has 1 aromatic rings. The fraction of sp³-hybridized carbons (Fsp3) is 0.455. The summed E-state index contributed by atoms with van der Waals surface area (Å²) in [6, 6.07) is 6.65. The topological polar surface area (TPSA) is 32.3 Å². The van der Waals surface area contributed by atoms with Crippen LogP contribution in [0.2, 0.25) is 0 Å². The molecule has 0 bridgehead atoms. The van der Waals surface area contributed by atoms with Gasteiger partial charge in [0.25, 0.3) is 0 Å². The fourth-order valence-corrected chi connectivity index (χ4v) is 1.87. The van der Waals surface area contributed by atoms with Gasteiger partial charge in [-0.2, -0.15) is 0 Å². The minimum Gasteiger partial charge on any atom is -0.392 e. The fourth-order valence-electron chi connectivity index (χ4n) is 1.87. The van der Waals surface area contributed by atoms with Crippen LogP contribution in [0.1, 0.15) is 24.5 Å². The van der Waals surface area contributed by atoms with Gasteiger partial charge in [0.2, 0.25) is 0 Å². The van der Waals surface area contributed by atoms with Crippen molar-refractivity contribution in [2.75, 3.05) is 5.32 Å². The van der Waals surface area contributed by atoms with E-state index >= 15 is 0 Å². The highest BCUT2D eigenvalue weighted by Gasteiger charge is 2.15. The van der Waals surface area contributed by atoms with E-state index in [-0.39, 0.29) is 6.61 Å². The molecule has 2 rings (SSSR count). The van der Waals surface area contributed by atoms with Crippen molar-refractivity contribution in [2.45, 2.75) is 32.4 Å². The third-order valence-electron chi connectivity index (χ3n) is 2.64. The summed E-state index contributed by atoms with van der Waals surface area (Å²) in [6.45, 7) is 2.31. The Bertz CT molecular complexity index is 295. The quantitative estimate of drug-likeness (QED) is 0.687. The predicted molar refractivity (Wildman–Crippen MR) is 53.8 cm³/mol. The molecule has 1 aromatic carbocycles. The van der Waals surface area contributed by atoms with Gasteiger partial charge in [-0.15, -0.1) is 0 Å². The van der Waals surface area contributed by atoms with Crippen LogP contribution >= 0.6 is 0 Å². The molecular formula is C11H15NO. The first kappa shape index (κ1) is 8.57. The molecule has 0 amide bonds. The Morgan fingerprint density at radius 1 is 1.54 bits per heavy atom. The molecule has 1 unspecified atom stereocenters. The zero-order valence-corrected chi connectivity index (χ0v) is 7.88. The van der Waals surface area contributed by atoms with E-state index in [1.54, 1.807) is 0 Å². The second-order valence-electron chi connectivity index (χ2n) is 3.69. The predicted octanol–water partition coefficient (Wildman–Crippen LogP) is 1.93. The third-order valence-corrected chi connectivity index (χ3v) is 2.64. The largest absolute Gasteiger partial charge is 0.392 e. The number of nitrogens with one attached hydrogen (secondary N) is 1. The highest BCUT2D eigenvalue weighted by molar-refractivity contribution is 5.59. The number of aliphatic hydroxyl groups is 1. The van der Waals surface area contributed by atoms with Crippen molar-refractivity contribution in [1.82, 2.24) is 0 Å². The van der Waals surface area contributed by atoms with Crippen LogP contribution < -0.4 is 5.32 Å². The van der Waals surface area contributed by atoms with Crippen LogP contribution in [0.15, 0.2) is 18.2 Å². The smallest absolute Gasteiger partial charge is 0.0702 e. The SMILES string of the molecule is CC1CCc2cccc(CO)c2N1. The standard InChI is InChI=1S/C11H15NO/c1-8-5-6-9-3-2-4-10(7-13)11(9)12-8/h2-4,8,12-13H,5-7H2,1H3. The summed E-state index contributed by atoms with van der Waals surface area (Å²) in [5.74, 6) is 0. The molecule has 1 aliphatic heterocycles. The number of fused-ring (bicyclic) bond motifs is 1. The number of benzene rings is 1. The summed E-state index contributed by atoms with van der Waals surface area (Å²) in [7, 11) is 0. The minimum absolute atomic E-state index is 0.128. The maximum absolute atomic E-state index is 9.14. The maximum Gasteiger partial charge on any atom is 0.0702 e. The van der Waals surface area contributed by atoms with Crippen molar-refractivity contribution < 1.29 is 5.11 Å². The summed E-state index contributed by atoms with van der Waals surface area (Å²) in [5, 5.41) is 12.6. The van der Waals surface area contributed by atoms with E-state index in [4.69, 9.17) is 5.11 Å². The molecule has 0 radical (unpaired) electrons. The van der Waals surface area contributed by atoms with Crippen LogP contribution in [0.3, 0.4) is 0 Å². The number of anilines is 1. The summed E-state index contributed by atoms with van der Waals surface area (Å²) in [5.41, 5.74) is 3.51. The van der Waals surface area contributed by atoms with Crippen molar-refractivity contribution in [3.05, 3.63) is 29.3 Å². The number of hydrogen-bond donors (Lipinski definition) is 2. The van der Waals surface area contributed by atoms with E-state index in [2.05, 4.69) is 18.3 Å². The molecule has 0 saturated heterocycles.